The second-order valence-corrected chi connectivity index (χ2v) is 8.55. The van der Waals surface area contributed by atoms with E-state index in [0.29, 0.717) is 17.3 Å². The van der Waals surface area contributed by atoms with Crippen LogP contribution in [-0.2, 0) is 4.79 Å². The molecule has 0 aliphatic rings. The molecular formula is C10H13N5OS4. The number of nitrogens with zero attached hydrogens (tertiary/aromatic N) is 4. The highest BCUT2D eigenvalue weighted by molar-refractivity contribution is 8.01. The molecule has 108 valence electrons. The maximum Gasteiger partial charge on any atom is 0.227 e. The normalized spacial score (nSPS) is 10.7. The number of carbonyl (C=O) groups excluding carboxylic acids is 1. The van der Waals surface area contributed by atoms with Crippen molar-refractivity contribution in [2.24, 2.45) is 0 Å². The first kappa shape index (κ1) is 15.7. The summed E-state index contributed by atoms with van der Waals surface area (Å²) < 4.78 is 1.77. The van der Waals surface area contributed by atoms with Crippen LogP contribution in [0.2, 0.25) is 0 Å². The van der Waals surface area contributed by atoms with Crippen molar-refractivity contribution in [2.75, 3.05) is 16.8 Å². The Morgan fingerprint density at radius 1 is 1.15 bits per heavy atom. The van der Waals surface area contributed by atoms with Crippen molar-refractivity contribution in [3.8, 4) is 0 Å². The van der Waals surface area contributed by atoms with Crippen LogP contribution in [0.5, 0.6) is 0 Å². The van der Waals surface area contributed by atoms with Gasteiger partial charge < -0.3 is 5.32 Å². The van der Waals surface area contributed by atoms with E-state index in [1.54, 1.807) is 23.5 Å². The SMILES string of the molecule is CCSc1nnc(NC(=O)CCSc2nnc(C)s2)s1. The van der Waals surface area contributed by atoms with Crippen LogP contribution in [0.15, 0.2) is 8.68 Å². The number of amides is 1. The predicted molar refractivity (Wildman–Crippen MR) is 84.9 cm³/mol. The van der Waals surface area contributed by atoms with E-state index < -0.39 is 0 Å². The minimum atomic E-state index is -0.0528. The minimum absolute atomic E-state index is 0.0528. The number of rotatable bonds is 7. The number of anilines is 1. The van der Waals surface area contributed by atoms with Gasteiger partial charge in [0.2, 0.25) is 11.0 Å². The first-order chi connectivity index (χ1) is 9.67. The summed E-state index contributed by atoms with van der Waals surface area (Å²) in [5.41, 5.74) is 0. The van der Waals surface area contributed by atoms with Gasteiger partial charge in [0, 0.05) is 12.2 Å². The van der Waals surface area contributed by atoms with Crippen LogP contribution in [0.4, 0.5) is 5.13 Å². The van der Waals surface area contributed by atoms with Gasteiger partial charge in [-0.3, -0.25) is 4.79 Å². The van der Waals surface area contributed by atoms with Gasteiger partial charge in [0.15, 0.2) is 8.68 Å². The zero-order valence-electron chi connectivity index (χ0n) is 11.0. The lowest BCUT2D eigenvalue weighted by Crippen LogP contribution is -2.11. The lowest BCUT2D eigenvalue weighted by molar-refractivity contribution is -0.115. The fourth-order valence-corrected chi connectivity index (χ4v) is 4.68. The summed E-state index contributed by atoms with van der Waals surface area (Å²) in [6.07, 6.45) is 0.416. The van der Waals surface area contributed by atoms with Gasteiger partial charge in [-0.2, -0.15) is 0 Å². The van der Waals surface area contributed by atoms with Gasteiger partial charge in [-0.05, 0) is 12.7 Å². The average molecular weight is 348 g/mol. The van der Waals surface area contributed by atoms with Crippen LogP contribution < -0.4 is 5.32 Å². The first-order valence-electron chi connectivity index (χ1n) is 5.86. The Labute approximate surface area is 133 Å². The maximum atomic E-state index is 11.8. The van der Waals surface area contributed by atoms with Crippen LogP contribution in [0, 0.1) is 6.92 Å². The molecule has 0 radical (unpaired) electrons. The van der Waals surface area contributed by atoms with Crippen molar-refractivity contribution in [3.05, 3.63) is 5.01 Å². The number of aromatic nitrogens is 4. The Hall–Kier alpha value is -0.710. The lowest BCUT2D eigenvalue weighted by Gasteiger charge is -1.99. The van der Waals surface area contributed by atoms with Gasteiger partial charge in [0.1, 0.15) is 5.01 Å². The summed E-state index contributed by atoms with van der Waals surface area (Å²) in [5, 5.41) is 20.1. The lowest BCUT2D eigenvalue weighted by atomic mass is 10.5. The zero-order valence-corrected chi connectivity index (χ0v) is 14.2. The van der Waals surface area contributed by atoms with E-state index in [9.17, 15) is 4.79 Å². The number of carbonyl (C=O) groups is 1. The van der Waals surface area contributed by atoms with Gasteiger partial charge in [-0.1, -0.05) is 53.1 Å². The molecule has 1 N–H and O–H groups in total. The Balaban J connectivity index is 1.71. The quantitative estimate of drug-likeness (QED) is 0.609. The van der Waals surface area contributed by atoms with E-state index in [0.717, 1.165) is 19.4 Å². The highest BCUT2D eigenvalue weighted by atomic mass is 32.2. The van der Waals surface area contributed by atoms with E-state index in [4.69, 9.17) is 0 Å². The molecule has 20 heavy (non-hydrogen) atoms. The molecule has 0 aliphatic heterocycles. The number of thioether (sulfide) groups is 2. The molecule has 2 heterocycles. The summed E-state index contributed by atoms with van der Waals surface area (Å²) >= 11 is 6.10. The smallest absolute Gasteiger partial charge is 0.227 e. The Morgan fingerprint density at radius 3 is 2.60 bits per heavy atom. The van der Waals surface area contributed by atoms with Crippen LogP contribution in [0.25, 0.3) is 0 Å². The molecule has 0 spiro atoms. The molecule has 1 amide bonds. The molecular weight excluding hydrogens is 334 g/mol. The summed E-state index contributed by atoms with van der Waals surface area (Å²) in [4.78, 5) is 11.8. The van der Waals surface area contributed by atoms with Crippen molar-refractivity contribution < 1.29 is 4.79 Å². The number of aryl methyl sites for hydroxylation is 1. The van der Waals surface area contributed by atoms with Crippen LogP contribution in [0.1, 0.15) is 18.4 Å². The van der Waals surface area contributed by atoms with E-state index in [2.05, 4.69) is 32.6 Å². The van der Waals surface area contributed by atoms with Gasteiger partial charge in [-0.15, -0.1) is 20.4 Å². The maximum absolute atomic E-state index is 11.8. The van der Waals surface area contributed by atoms with E-state index in [1.807, 2.05) is 6.92 Å². The van der Waals surface area contributed by atoms with Gasteiger partial charge in [0.25, 0.3) is 0 Å². The molecule has 0 saturated heterocycles. The molecule has 0 fully saturated rings. The van der Waals surface area contributed by atoms with Gasteiger partial charge in [-0.25, -0.2) is 0 Å². The van der Waals surface area contributed by atoms with Crippen molar-refractivity contribution in [3.63, 3.8) is 0 Å². The topological polar surface area (TPSA) is 80.7 Å². The molecule has 0 saturated carbocycles. The van der Waals surface area contributed by atoms with Crippen molar-refractivity contribution >= 4 is 57.2 Å². The summed E-state index contributed by atoms with van der Waals surface area (Å²) in [5.74, 6) is 1.57. The number of nitrogens with one attached hydrogen (secondary N) is 1. The summed E-state index contributed by atoms with van der Waals surface area (Å²) in [7, 11) is 0. The number of hydrogen-bond acceptors (Lipinski definition) is 9. The van der Waals surface area contributed by atoms with Crippen molar-refractivity contribution in [1.82, 2.24) is 20.4 Å². The highest BCUT2D eigenvalue weighted by Crippen LogP contribution is 2.25. The molecule has 6 nitrogen and oxygen atoms in total. The Morgan fingerprint density at radius 2 is 1.90 bits per heavy atom. The first-order valence-corrected chi connectivity index (χ1v) is 9.47. The third kappa shape index (κ3) is 5.00. The summed E-state index contributed by atoms with van der Waals surface area (Å²) in [6, 6.07) is 0. The van der Waals surface area contributed by atoms with E-state index >= 15 is 0 Å². The zero-order chi connectivity index (χ0) is 14.4. The second kappa shape index (κ2) is 7.91. The monoisotopic (exact) mass is 347 g/mol. The highest BCUT2D eigenvalue weighted by Gasteiger charge is 2.09. The largest absolute Gasteiger partial charge is 0.300 e. The van der Waals surface area contributed by atoms with E-state index in [-0.39, 0.29) is 5.91 Å². The summed E-state index contributed by atoms with van der Waals surface area (Å²) in [6.45, 7) is 3.96. The van der Waals surface area contributed by atoms with Crippen LogP contribution in [0.3, 0.4) is 0 Å². The van der Waals surface area contributed by atoms with Crippen LogP contribution in [-0.4, -0.2) is 37.8 Å². The van der Waals surface area contributed by atoms with Gasteiger partial charge >= 0.3 is 0 Å². The third-order valence-electron chi connectivity index (χ3n) is 1.98. The second-order valence-electron chi connectivity index (χ2n) is 3.54. The average Bonchev–Trinajstić information content (AvgIpc) is 3.00. The van der Waals surface area contributed by atoms with Crippen molar-refractivity contribution in [2.45, 2.75) is 28.9 Å². The standard InChI is InChI=1S/C10H13N5OS4/c1-3-17-9-15-13-8(20-9)11-7(16)4-5-18-10-14-12-6(2)19-10/h3-5H2,1-2H3,(H,11,13,16). The fraction of sp³-hybridized carbons (Fsp3) is 0.500. The third-order valence-corrected chi connectivity index (χ3v) is 5.81. The van der Waals surface area contributed by atoms with Gasteiger partial charge in [0.05, 0.1) is 0 Å². The number of hydrogen-bond donors (Lipinski definition) is 1. The minimum Gasteiger partial charge on any atom is -0.300 e. The van der Waals surface area contributed by atoms with E-state index in [1.165, 1.54) is 22.7 Å². The molecule has 10 heteroatoms. The molecule has 2 aromatic heterocycles. The van der Waals surface area contributed by atoms with Crippen molar-refractivity contribution in [1.29, 1.82) is 0 Å². The fourth-order valence-electron chi connectivity index (χ4n) is 1.19. The predicted octanol–water partition coefficient (Wildman–Crippen LogP) is 2.93. The molecule has 0 unspecified atom stereocenters. The Bertz CT molecular complexity index is 570. The molecule has 0 bridgehead atoms. The molecule has 0 aromatic carbocycles. The molecule has 2 rings (SSSR count). The Kier molecular flexibility index (Phi) is 6.20. The molecule has 0 aliphatic carbocycles. The van der Waals surface area contributed by atoms with Crippen LogP contribution >= 0.6 is 46.2 Å². The molecule has 0 atom stereocenters. The molecule has 2 aromatic rings.